The van der Waals surface area contributed by atoms with Gasteiger partial charge >= 0.3 is 6.61 Å². The second-order valence-corrected chi connectivity index (χ2v) is 6.53. The van der Waals surface area contributed by atoms with Crippen LogP contribution in [0.25, 0.3) is 0 Å². The zero-order valence-electron chi connectivity index (χ0n) is 16.0. The minimum atomic E-state index is -3.01. The lowest BCUT2D eigenvalue weighted by Crippen LogP contribution is -2.41. The summed E-state index contributed by atoms with van der Waals surface area (Å²) in [7, 11) is 1.43. The van der Waals surface area contributed by atoms with E-state index in [0.29, 0.717) is 11.1 Å². The van der Waals surface area contributed by atoms with Gasteiger partial charge in [0.2, 0.25) is 0 Å². The third-order valence-corrected chi connectivity index (χ3v) is 4.72. The molecule has 0 fully saturated rings. The molecule has 0 saturated heterocycles. The molecule has 1 heterocycles. The highest BCUT2D eigenvalue weighted by atomic mass is 19.3. The number of rotatable bonds is 4. The number of amides is 1. The molecule has 1 atom stereocenters. The van der Waals surface area contributed by atoms with Crippen molar-refractivity contribution in [2.24, 2.45) is 10.7 Å². The Morgan fingerprint density at radius 3 is 2.47 bits per heavy atom. The van der Waals surface area contributed by atoms with E-state index in [2.05, 4.69) is 21.6 Å². The third kappa shape index (κ3) is 3.56. The zero-order chi connectivity index (χ0) is 22.1. The van der Waals surface area contributed by atoms with Gasteiger partial charge < -0.3 is 10.5 Å². The molecule has 9 heteroatoms. The van der Waals surface area contributed by atoms with Crippen LogP contribution in [0, 0.1) is 24.6 Å². The van der Waals surface area contributed by atoms with Gasteiger partial charge in [0.1, 0.15) is 11.6 Å². The molecule has 0 aromatic heterocycles. The Morgan fingerprint density at radius 1 is 1.23 bits per heavy atom. The minimum absolute atomic E-state index is 0.0618. The number of nitrogens with two attached hydrogens (primary N) is 1. The summed E-state index contributed by atoms with van der Waals surface area (Å²) in [6.45, 7) is -2.44. The van der Waals surface area contributed by atoms with E-state index >= 15 is 0 Å². The highest BCUT2D eigenvalue weighted by Gasteiger charge is 2.49. The maximum atomic E-state index is 14.1. The summed E-state index contributed by atoms with van der Waals surface area (Å²) < 4.78 is 56.2. The average Bonchev–Trinajstić information content (AvgIpc) is 2.93. The van der Waals surface area contributed by atoms with Gasteiger partial charge in [-0.15, -0.1) is 0 Å². The second-order valence-electron chi connectivity index (χ2n) is 6.53. The summed E-state index contributed by atoms with van der Waals surface area (Å²) in [5, 5.41) is 0. The SMILES string of the molecule is Cc1cc([C@@]2(c3ccc(F)c(C#CCF)c3)N=C(N)N(C)C2=O)ccc1OC(F)F. The van der Waals surface area contributed by atoms with E-state index in [1.165, 1.54) is 44.3 Å². The molecular weight excluding hydrogens is 402 g/mol. The van der Waals surface area contributed by atoms with E-state index in [1.54, 1.807) is 0 Å². The van der Waals surface area contributed by atoms with Crippen LogP contribution in [0.1, 0.15) is 22.3 Å². The van der Waals surface area contributed by atoms with Gasteiger partial charge in [-0.2, -0.15) is 8.78 Å². The van der Waals surface area contributed by atoms with Gasteiger partial charge in [-0.1, -0.05) is 24.0 Å². The molecule has 1 amide bonds. The molecule has 0 spiro atoms. The lowest BCUT2D eigenvalue weighted by Gasteiger charge is -2.27. The van der Waals surface area contributed by atoms with Gasteiger partial charge in [0.25, 0.3) is 5.91 Å². The largest absolute Gasteiger partial charge is 0.435 e. The first kappa shape index (κ1) is 21.2. The van der Waals surface area contributed by atoms with Gasteiger partial charge in [0.05, 0.1) is 5.56 Å². The van der Waals surface area contributed by atoms with E-state index in [1.807, 2.05) is 0 Å². The van der Waals surface area contributed by atoms with Crippen molar-refractivity contribution in [1.82, 2.24) is 4.90 Å². The number of ether oxygens (including phenoxy) is 1. The van der Waals surface area contributed by atoms with Gasteiger partial charge in [0.15, 0.2) is 18.2 Å². The van der Waals surface area contributed by atoms with Crippen molar-refractivity contribution in [2.75, 3.05) is 13.7 Å². The first-order valence-electron chi connectivity index (χ1n) is 8.75. The van der Waals surface area contributed by atoms with Crippen molar-refractivity contribution in [3.05, 3.63) is 64.5 Å². The van der Waals surface area contributed by atoms with Crippen molar-refractivity contribution >= 4 is 11.9 Å². The Morgan fingerprint density at radius 2 is 1.90 bits per heavy atom. The van der Waals surface area contributed by atoms with Crippen LogP contribution < -0.4 is 10.5 Å². The topological polar surface area (TPSA) is 67.9 Å². The van der Waals surface area contributed by atoms with Crippen LogP contribution in [0.4, 0.5) is 17.6 Å². The van der Waals surface area contributed by atoms with Crippen molar-refractivity contribution in [1.29, 1.82) is 0 Å². The van der Waals surface area contributed by atoms with Gasteiger partial charge in [-0.3, -0.25) is 9.69 Å². The summed E-state index contributed by atoms with van der Waals surface area (Å²) in [4.78, 5) is 18.7. The Kier molecular flexibility index (Phi) is 5.69. The molecule has 0 saturated carbocycles. The Hall–Kier alpha value is -3.54. The maximum absolute atomic E-state index is 14.1. The average molecular weight is 419 g/mol. The number of hydrogen-bond donors (Lipinski definition) is 1. The molecule has 2 N–H and O–H groups in total. The predicted molar refractivity (Wildman–Crippen MR) is 102 cm³/mol. The van der Waals surface area contributed by atoms with E-state index in [4.69, 9.17) is 5.73 Å². The summed E-state index contributed by atoms with van der Waals surface area (Å²) >= 11 is 0. The molecule has 2 aromatic carbocycles. The first-order valence-corrected chi connectivity index (χ1v) is 8.75. The quantitative estimate of drug-likeness (QED) is 0.612. The number of halogens is 4. The number of likely N-dealkylation sites (N-methyl/N-ethyl adjacent to an activating group) is 1. The molecule has 30 heavy (non-hydrogen) atoms. The van der Waals surface area contributed by atoms with Crippen LogP contribution in [0.2, 0.25) is 0 Å². The fourth-order valence-electron chi connectivity index (χ4n) is 3.26. The van der Waals surface area contributed by atoms with E-state index in [9.17, 15) is 22.4 Å². The van der Waals surface area contributed by atoms with Crippen LogP contribution in [0.3, 0.4) is 0 Å². The molecule has 1 aliphatic rings. The number of guanidine groups is 1. The van der Waals surface area contributed by atoms with Gasteiger partial charge in [0, 0.05) is 7.05 Å². The summed E-state index contributed by atoms with van der Waals surface area (Å²) in [5.74, 6) is 3.14. The Balaban J connectivity index is 2.23. The van der Waals surface area contributed by atoms with E-state index < -0.39 is 30.5 Å². The van der Waals surface area contributed by atoms with Crippen LogP contribution in [0.5, 0.6) is 5.75 Å². The maximum Gasteiger partial charge on any atom is 0.387 e. The number of carbonyl (C=O) groups is 1. The van der Waals surface area contributed by atoms with Crippen molar-refractivity contribution < 1.29 is 27.1 Å². The lowest BCUT2D eigenvalue weighted by atomic mass is 9.81. The van der Waals surface area contributed by atoms with Gasteiger partial charge in [-0.05, 0) is 47.9 Å². The molecule has 156 valence electrons. The van der Waals surface area contributed by atoms with Crippen LogP contribution in [-0.2, 0) is 10.3 Å². The van der Waals surface area contributed by atoms with Crippen LogP contribution in [-0.4, -0.2) is 37.1 Å². The molecule has 0 aliphatic carbocycles. The molecular formula is C21H17F4N3O2. The molecule has 3 rings (SSSR count). The molecule has 2 aromatic rings. The van der Waals surface area contributed by atoms with Crippen LogP contribution >= 0.6 is 0 Å². The highest BCUT2D eigenvalue weighted by Crippen LogP contribution is 2.41. The van der Waals surface area contributed by atoms with E-state index in [-0.39, 0.29) is 22.8 Å². The fourth-order valence-corrected chi connectivity index (χ4v) is 3.26. The minimum Gasteiger partial charge on any atom is -0.435 e. The second kappa shape index (κ2) is 8.06. The molecule has 1 aliphatic heterocycles. The van der Waals surface area contributed by atoms with Crippen LogP contribution in [0.15, 0.2) is 41.4 Å². The molecule has 0 bridgehead atoms. The first-order chi connectivity index (χ1) is 14.2. The third-order valence-electron chi connectivity index (χ3n) is 4.72. The Labute approximate surface area is 170 Å². The zero-order valence-corrected chi connectivity index (χ0v) is 16.0. The number of nitrogens with zero attached hydrogens (tertiary/aromatic N) is 2. The fraction of sp³-hybridized carbons (Fsp3) is 0.238. The summed E-state index contributed by atoms with van der Waals surface area (Å²) in [5.41, 5.74) is 4.97. The molecule has 0 radical (unpaired) electrons. The molecule has 5 nitrogen and oxygen atoms in total. The van der Waals surface area contributed by atoms with Crippen molar-refractivity contribution in [3.8, 4) is 17.6 Å². The lowest BCUT2D eigenvalue weighted by molar-refractivity contribution is -0.129. The number of hydrogen-bond acceptors (Lipinski definition) is 4. The number of carbonyl (C=O) groups excluding carboxylic acids is 1. The Bertz CT molecular complexity index is 1090. The van der Waals surface area contributed by atoms with Crippen molar-refractivity contribution in [3.63, 3.8) is 0 Å². The summed E-state index contributed by atoms with van der Waals surface area (Å²) in [6.07, 6.45) is 0. The van der Waals surface area contributed by atoms with E-state index in [0.717, 1.165) is 11.0 Å². The number of benzene rings is 2. The highest BCUT2D eigenvalue weighted by molar-refractivity contribution is 6.09. The number of aryl methyl sites for hydroxylation is 1. The van der Waals surface area contributed by atoms with Gasteiger partial charge in [-0.25, -0.2) is 13.8 Å². The smallest absolute Gasteiger partial charge is 0.387 e. The normalized spacial score (nSPS) is 18.3. The number of aliphatic imine (C=N–C) groups is 1. The molecule has 0 unspecified atom stereocenters. The van der Waals surface area contributed by atoms with Crippen molar-refractivity contribution in [2.45, 2.75) is 19.1 Å². The monoisotopic (exact) mass is 419 g/mol. The summed E-state index contributed by atoms with van der Waals surface area (Å²) in [6, 6.07) is 7.92. The predicted octanol–water partition coefficient (Wildman–Crippen LogP) is 3.09. The number of alkyl halides is 3. The standard InChI is InChI=1S/C21H17F4N3O2/c1-12-10-14(6-8-17(12)30-19(24)25)21(18(29)28(2)20(26)27-21)15-5-7-16(23)13(11-15)4-3-9-22/h5-8,10-11,19H,9H2,1-2H3,(H2,26,27)/t21-/m0/s1.